The average Bonchev–Trinajstić information content (AvgIpc) is 2.16. The normalized spacial score (nSPS) is 10.2. The first kappa shape index (κ1) is 10.3. The Balaban J connectivity index is 3.49. The van der Waals surface area contributed by atoms with Crippen molar-refractivity contribution < 1.29 is 8.78 Å². The van der Waals surface area contributed by atoms with Crippen LogP contribution in [0.3, 0.4) is 0 Å². The maximum atomic E-state index is 12.4. The quantitative estimate of drug-likeness (QED) is 0.733. The third kappa shape index (κ3) is 1.78. The standard InChI is InChI=1S/C8H7F2N3O/c9-8(10)4-1-7(14)13-6(3-12)5(4)2-11/h1,8H,2,11H2,(H,13,14). The van der Waals surface area contributed by atoms with E-state index in [1.807, 2.05) is 0 Å². The highest BCUT2D eigenvalue weighted by Gasteiger charge is 2.16. The fraction of sp³-hybridized carbons (Fsp3) is 0.250. The molecule has 1 heterocycles. The SMILES string of the molecule is N#Cc1[nH]c(=O)cc(C(F)F)c1CN. The average molecular weight is 199 g/mol. The van der Waals surface area contributed by atoms with Crippen LogP contribution in [-0.2, 0) is 6.54 Å². The predicted octanol–water partition coefficient (Wildman–Crippen LogP) is 0.643. The number of aromatic amines is 1. The number of nitrogens with two attached hydrogens (primary N) is 1. The van der Waals surface area contributed by atoms with Gasteiger partial charge in [0.1, 0.15) is 11.8 Å². The molecule has 0 aromatic carbocycles. The van der Waals surface area contributed by atoms with Gasteiger partial charge in [0.25, 0.3) is 6.43 Å². The molecule has 1 aromatic heterocycles. The number of hydrogen-bond acceptors (Lipinski definition) is 3. The minimum Gasteiger partial charge on any atom is -0.326 e. The van der Waals surface area contributed by atoms with Crippen LogP contribution in [0.5, 0.6) is 0 Å². The van der Waals surface area contributed by atoms with E-state index in [4.69, 9.17) is 11.0 Å². The number of nitriles is 1. The van der Waals surface area contributed by atoms with Crippen molar-refractivity contribution in [2.75, 3.05) is 0 Å². The summed E-state index contributed by atoms with van der Waals surface area (Å²) >= 11 is 0. The second-order valence-electron chi connectivity index (χ2n) is 2.56. The number of pyridine rings is 1. The molecule has 1 aromatic rings. The molecule has 0 fully saturated rings. The maximum Gasteiger partial charge on any atom is 0.264 e. The van der Waals surface area contributed by atoms with Crippen molar-refractivity contribution in [2.45, 2.75) is 13.0 Å². The summed E-state index contributed by atoms with van der Waals surface area (Å²) in [6.45, 7) is -0.209. The zero-order valence-corrected chi connectivity index (χ0v) is 7.05. The molecule has 0 amide bonds. The molecule has 0 aliphatic heterocycles. The smallest absolute Gasteiger partial charge is 0.264 e. The van der Waals surface area contributed by atoms with Crippen molar-refractivity contribution in [3.05, 3.63) is 33.2 Å². The van der Waals surface area contributed by atoms with Gasteiger partial charge >= 0.3 is 0 Å². The Morgan fingerprint density at radius 3 is 2.71 bits per heavy atom. The van der Waals surface area contributed by atoms with Gasteiger partial charge in [-0.1, -0.05) is 0 Å². The first-order valence-electron chi connectivity index (χ1n) is 3.74. The van der Waals surface area contributed by atoms with Crippen LogP contribution < -0.4 is 11.3 Å². The van der Waals surface area contributed by atoms with Crippen molar-refractivity contribution >= 4 is 0 Å². The summed E-state index contributed by atoms with van der Waals surface area (Å²) in [7, 11) is 0. The first-order valence-corrected chi connectivity index (χ1v) is 3.74. The fourth-order valence-corrected chi connectivity index (χ4v) is 1.12. The van der Waals surface area contributed by atoms with Gasteiger partial charge in [0.2, 0.25) is 5.56 Å². The van der Waals surface area contributed by atoms with Gasteiger partial charge in [-0.15, -0.1) is 0 Å². The van der Waals surface area contributed by atoms with E-state index in [0.29, 0.717) is 0 Å². The second kappa shape index (κ2) is 3.98. The van der Waals surface area contributed by atoms with Gasteiger partial charge in [-0.25, -0.2) is 8.78 Å². The van der Waals surface area contributed by atoms with Crippen LogP contribution in [0.25, 0.3) is 0 Å². The molecule has 3 N–H and O–H groups in total. The monoisotopic (exact) mass is 199 g/mol. The van der Waals surface area contributed by atoms with E-state index >= 15 is 0 Å². The Kier molecular flexibility index (Phi) is 2.94. The van der Waals surface area contributed by atoms with E-state index in [2.05, 4.69) is 4.98 Å². The lowest BCUT2D eigenvalue weighted by Crippen LogP contribution is -2.15. The van der Waals surface area contributed by atoms with Crippen LogP contribution in [0.15, 0.2) is 10.9 Å². The van der Waals surface area contributed by atoms with Crippen molar-refractivity contribution in [1.82, 2.24) is 4.98 Å². The predicted molar refractivity (Wildman–Crippen MR) is 44.6 cm³/mol. The summed E-state index contributed by atoms with van der Waals surface area (Å²) in [5.74, 6) is 0. The Morgan fingerprint density at radius 2 is 2.29 bits per heavy atom. The number of alkyl halides is 2. The molecule has 6 heteroatoms. The Morgan fingerprint density at radius 1 is 1.64 bits per heavy atom. The zero-order valence-electron chi connectivity index (χ0n) is 7.05. The molecule has 0 bridgehead atoms. The highest BCUT2D eigenvalue weighted by molar-refractivity contribution is 5.37. The molecule has 74 valence electrons. The van der Waals surface area contributed by atoms with Gasteiger partial charge in [-0.05, 0) is 0 Å². The van der Waals surface area contributed by atoms with Crippen LogP contribution in [0.4, 0.5) is 8.78 Å². The van der Waals surface area contributed by atoms with E-state index in [1.54, 1.807) is 6.07 Å². The van der Waals surface area contributed by atoms with E-state index in [-0.39, 0.29) is 17.8 Å². The number of nitrogens with one attached hydrogen (secondary N) is 1. The number of aromatic nitrogens is 1. The molecule has 4 nitrogen and oxygen atoms in total. The molecule has 14 heavy (non-hydrogen) atoms. The second-order valence-corrected chi connectivity index (χ2v) is 2.56. The lowest BCUT2D eigenvalue weighted by Gasteiger charge is -2.07. The number of hydrogen-bond donors (Lipinski definition) is 2. The van der Waals surface area contributed by atoms with E-state index in [9.17, 15) is 13.6 Å². The molecule has 0 aliphatic carbocycles. The van der Waals surface area contributed by atoms with Crippen LogP contribution in [0.1, 0.15) is 23.2 Å². The van der Waals surface area contributed by atoms with Crippen molar-refractivity contribution in [3.8, 4) is 6.07 Å². The van der Waals surface area contributed by atoms with Crippen LogP contribution in [0.2, 0.25) is 0 Å². The molecule has 0 unspecified atom stereocenters. The third-order valence-electron chi connectivity index (χ3n) is 1.74. The molecule has 1 rings (SSSR count). The highest BCUT2D eigenvalue weighted by atomic mass is 19.3. The van der Waals surface area contributed by atoms with E-state index in [1.165, 1.54) is 0 Å². The van der Waals surface area contributed by atoms with Crippen LogP contribution in [0, 0.1) is 11.3 Å². The highest BCUT2D eigenvalue weighted by Crippen LogP contribution is 2.22. The van der Waals surface area contributed by atoms with Crippen LogP contribution >= 0.6 is 0 Å². The van der Waals surface area contributed by atoms with Crippen molar-refractivity contribution in [1.29, 1.82) is 5.26 Å². The minimum absolute atomic E-state index is 0.0119. The lowest BCUT2D eigenvalue weighted by atomic mass is 10.1. The maximum absolute atomic E-state index is 12.4. The summed E-state index contributed by atoms with van der Waals surface area (Å²) in [5, 5.41) is 8.56. The zero-order chi connectivity index (χ0) is 10.7. The van der Waals surface area contributed by atoms with Gasteiger partial charge in [-0.2, -0.15) is 5.26 Å². The van der Waals surface area contributed by atoms with Gasteiger partial charge in [0, 0.05) is 23.7 Å². The largest absolute Gasteiger partial charge is 0.326 e. The summed E-state index contributed by atoms with van der Waals surface area (Å²) in [5.41, 5.74) is 3.79. The summed E-state index contributed by atoms with van der Waals surface area (Å²) in [4.78, 5) is 13.0. The number of H-pyrrole nitrogens is 1. The number of rotatable bonds is 2. The van der Waals surface area contributed by atoms with Gasteiger partial charge in [-0.3, -0.25) is 4.79 Å². The molecule has 0 aliphatic rings. The summed E-state index contributed by atoms with van der Waals surface area (Å²) in [6.07, 6.45) is -2.80. The van der Waals surface area contributed by atoms with Crippen molar-refractivity contribution in [2.24, 2.45) is 5.73 Å². The van der Waals surface area contributed by atoms with Gasteiger partial charge < -0.3 is 10.7 Å². The Labute approximate surface area is 78.0 Å². The number of nitrogens with zero attached hydrogens (tertiary/aromatic N) is 1. The lowest BCUT2D eigenvalue weighted by molar-refractivity contribution is 0.150. The van der Waals surface area contributed by atoms with Crippen molar-refractivity contribution in [3.63, 3.8) is 0 Å². The fourth-order valence-electron chi connectivity index (χ4n) is 1.12. The van der Waals surface area contributed by atoms with E-state index < -0.39 is 17.5 Å². The Hall–Kier alpha value is -1.74. The molecule has 0 spiro atoms. The van der Waals surface area contributed by atoms with E-state index in [0.717, 1.165) is 6.07 Å². The first-order chi connectivity index (χ1) is 6.60. The minimum atomic E-state index is -2.80. The molecule has 0 radical (unpaired) electrons. The summed E-state index contributed by atoms with van der Waals surface area (Å²) < 4.78 is 24.8. The molecular formula is C8H7F2N3O. The number of halogens is 2. The third-order valence-corrected chi connectivity index (χ3v) is 1.74. The molecule has 0 saturated carbocycles. The molecular weight excluding hydrogens is 192 g/mol. The molecule has 0 saturated heterocycles. The topological polar surface area (TPSA) is 82.7 Å². The van der Waals surface area contributed by atoms with Gasteiger partial charge in [0.15, 0.2) is 0 Å². The Bertz CT molecular complexity index is 433. The van der Waals surface area contributed by atoms with Gasteiger partial charge in [0.05, 0.1) is 0 Å². The molecule has 0 atom stereocenters. The van der Waals surface area contributed by atoms with Crippen LogP contribution in [-0.4, -0.2) is 4.98 Å². The summed E-state index contributed by atoms with van der Waals surface area (Å²) in [6, 6.07) is 2.37.